The quantitative estimate of drug-likeness (QED) is 0.685. The molecule has 2 aliphatic carbocycles. The van der Waals surface area contributed by atoms with E-state index >= 15 is 0 Å². The van der Waals surface area contributed by atoms with Crippen LogP contribution < -0.4 is 0 Å². The minimum atomic E-state index is 0.180. The zero-order chi connectivity index (χ0) is 10.8. The molecule has 1 aromatic rings. The predicted octanol–water partition coefficient (Wildman–Crippen LogP) is 2.71. The van der Waals surface area contributed by atoms with E-state index in [1.807, 2.05) is 0 Å². The van der Waals surface area contributed by atoms with Crippen molar-refractivity contribution >= 4 is 12.2 Å². The molecule has 2 atom stereocenters. The molecule has 0 amide bonds. The highest BCUT2D eigenvalue weighted by molar-refractivity contribution is 7.71. The van der Waals surface area contributed by atoms with E-state index in [9.17, 15) is 0 Å². The van der Waals surface area contributed by atoms with Gasteiger partial charge in [-0.15, -0.1) is 0 Å². The molecule has 2 bridgehead atoms. The fraction of sp³-hybridized carbons (Fsp3) is 0.727. The van der Waals surface area contributed by atoms with Gasteiger partial charge in [0.2, 0.25) is 4.77 Å². The van der Waals surface area contributed by atoms with E-state index < -0.39 is 0 Å². The van der Waals surface area contributed by atoms with Crippen molar-refractivity contribution in [3.05, 3.63) is 16.2 Å². The maximum Gasteiger partial charge on any atom is 0.213 e. The first-order valence-corrected chi connectivity index (χ1v) is 5.85. The number of nitrogens with one attached hydrogen (secondary N) is 1. The number of hydrogen-bond acceptors (Lipinski definition) is 3. The molecule has 1 fully saturated rings. The van der Waals surface area contributed by atoms with Crippen LogP contribution in [0.3, 0.4) is 0 Å². The Morgan fingerprint density at radius 3 is 2.87 bits per heavy atom. The Bertz CT molecular complexity index is 491. The van der Waals surface area contributed by atoms with Crippen molar-refractivity contribution in [2.24, 2.45) is 5.41 Å². The molecule has 1 heterocycles. The van der Waals surface area contributed by atoms with E-state index in [1.54, 1.807) is 0 Å². The molecule has 3 nitrogen and oxygen atoms in total. The van der Waals surface area contributed by atoms with E-state index in [-0.39, 0.29) is 10.8 Å². The van der Waals surface area contributed by atoms with Crippen LogP contribution in [0.2, 0.25) is 0 Å². The van der Waals surface area contributed by atoms with Crippen LogP contribution in [0.25, 0.3) is 0 Å². The van der Waals surface area contributed by atoms with Gasteiger partial charge in [-0.1, -0.05) is 20.8 Å². The van der Waals surface area contributed by atoms with Gasteiger partial charge in [0.05, 0.1) is 11.4 Å². The van der Waals surface area contributed by atoms with Crippen LogP contribution in [0.15, 0.2) is 0 Å². The molecule has 15 heavy (non-hydrogen) atoms. The Kier molecular flexibility index (Phi) is 1.57. The van der Waals surface area contributed by atoms with E-state index in [4.69, 9.17) is 12.2 Å². The average Bonchev–Trinajstić information content (AvgIpc) is 2.47. The lowest BCUT2D eigenvalue weighted by Gasteiger charge is -2.33. The summed E-state index contributed by atoms with van der Waals surface area (Å²) in [5.41, 5.74) is 2.75. The van der Waals surface area contributed by atoms with E-state index in [0.29, 0.717) is 10.7 Å². The largest absolute Gasteiger partial charge is 0.252 e. The first-order valence-electron chi connectivity index (χ1n) is 5.44. The Balaban J connectivity index is 2.33. The fourth-order valence-corrected chi connectivity index (χ4v) is 3.54. The van der Waals surface area contributed by atoms with Crippen LogP contribution in [0, 0.1) is 10.2 Å². The summed E-state index contributed by atoms with van der Waals surface area (Å²) in [6.07, 6.45) is 2.45. The zero-order valence-corrected chi connectivity index (χ0v) is 10.1. The van der Waals surface area contributed by atoms with Crippen LogP contribution in [0.5, 0.6) is 0 Å². The summed E-state index contributed by atoms with van der Waals surface area (Å²) in [7, 11) is 0. The lowest BCUT2D eigenvalue weighted by atomic mass is 9.70. The van der Waals surface area contributed by atoms with Crippen LogP contribution in [-0.4, -0.2) is 15.2 Å². The molecule has 0 unspecified atom stereocenters. The summed E-state index contributed by atoms with van der Waals surface area (Å²) < 4.78 is 0.515. The third kappa shape index (κ3) is 0.893. The first kappa shape index (κ1) is 9.46. The Morgan fingerprint density at radius 2 is 2.13 bits per heavy atom. The second kappa shape index (κ2) is 2.48. The minimum Gasteiger partial charge on any atom is -0.252 e. The highest BCUT2D eigenvalue weighted by Gasteiger charge is 2.61. The molecule has 0 aromatic carbocycles. The van der Waals surface area contributed by atoms with Crippen LogP contribution in [0.4, 0.5) is 0 Å². The fourth-order valence-electron chi connectivity index (χ4n) is 3.40. The Hall–Kier alpha value is -0.770. The molecule has 0 radical (unpaired) electrons. The minimum absolute atomic E-state index is 0.180. The number of nitrogens with zero attached hydrogens (tertiary/aromatic N) is 2. The summed E-state index contributed by atoms with van der Waals surface area (Å²) in [6, 6.07) is 0. The number of hydrogen-bond donors (Lipinski definition) is 1. The molecule has 0 aliphatic heterocycles. The van der Waals surface area contributed by atoms with Gasteiger partial charge >= 0.3 is 0 Å². The van der Waals surface area contributed by atoms with Crippen LogP contribution in [-0.2, 0) is 5.41 Å². The highest BCUT2D eigenvalue weighted by atomic mass is 32.1. The second-order valence-corrected chi connectivity index (χ2v) is 5.91. The third-order valence-corrected chi connectivity index (χ3v) is 4.99. The summed E-state index contributed by atoms with van der Waals surface area (Å²) in [6.45, 7) is 6.97. The van der Waals surface area contributed by atoms with Crippen molar-refractivity contribution in [1.82, 2.24) is 15.2 Å². The molecule has 1 N–H and O–H groups in total. The first-order chi connectivity index (χ1) is 6.97. The van der Waals surface area contributed by atoms with Gasteiger partial charge in [0.15, 0.2) is 0 Å². The lowest BCUT2D eigenvalue weighted by Crippen LogP contribution is -2.32. The van der Waals surface area contributed by atoms with E-state index in [1.165, 1.54) is 12.8 Å². The van der Waals surface area contributed by atoms with Gasteiger partial charge < -0.3 is 0 Å². The predicted molar refractivity (Wildman–Crippen MR) is 60.3 cm³/mol. The normalized spacial score (nSPS) is 35.5. The van der Waals surface area contributed by atoms with Gasteiger partial charge in [-0.3, -0.25) is 5.10 Å². The molecular weight excluding hydrogens is 206 g/mol. The van der Waals surface area contributed by atoms with Crippen LogP contribution >= 0.6 is 12.2 Å². The number of aromatic nitrogens is 3. The van der Waals surface area contributed by atoms with E-state index in [0.717, 1.165) is 11.4 Å². The highest BCUT2D eigenvalue weighted by Crippen LogP contribution is 2.66. The summed E-state index contributed by atoms with van der Waals surface area (Å²) in [5, 5.41) is 7.25. The third-order valence-electron chi connectivity index (χ3n) is 4.81. The zero-order valence-electron chi connectivity index (χ0n) is 9.29. The topological polar surface area (TPSA) is 41.6 Å². The number of H-pyrrole nitrogens is 1. The smallest absolute Gasteiger partial charge is 0.213 e. The van der Waals surface area contributed by atoms with Gasteiger partial charge in [0.25, 0.3) is 0 Å². The summed E-state index contributed by atoms with van der Waals surface area (Å²) >= 11 is 5.05. The van der Waals surface area contributed by atoms with Gasteiger partial charge in [-0.2, -0.15) is 5.10 Å². The molecule has 80 valence electrons. The van der Waals surface area contributed by atoms with Crippen molar-refractivity contribution in [3.63, 3.8) is 0 Å². The molecule has 0 saturated heterocycles. The number of rotatable bonds is 0. The molecule has 0 spiro atoms. The standard InChI is InChI=1S/C11H15N3S/c1-10(2)6-4-5-11(10,3)8-7(6)12-9(15)14-13-8/h6H,4-5H2,1-3H3,(H,12,14,15)/t6-,11+/m0/s1. The Morgan fingerprint density at radius 1 is 1.40 bits per heavy atom. The molecule has 4 heteroatoms. The van der Waals surface area contributed by atoms with Crippen molar-refractivity contribution in [1.29, 1.82) is 0 Å². The molecule has 1 aromatic heterocycles. The maximum atomic E-state index is 5.05. The summed E-state index contributed by atoms with van der Waals surface area (Å²) in [4.78, 5) is 4.47. The molecule has 3 rings (SSSR count). The molecular formula is C11H15N3S. The SMILES string of the molecule is CC1(C)[C@H]2CC[C@]1(C)c1n[nH]c(=S)nc12. The van der Waals surface area contributed by atoms with Crippen molar-refractivity contribution in [3.8, 4) is 0 Å². The van der Waals surface area contributed by atoms with Crippen molar-refractivity contribution in [2.75, 3.05) is 0 Å². The van der Waals surface area contributed by atoms with Gasteiger partial charge in [0.1, 0.15) is 0 Å². The van der Waals surface area contributed by atoms with Gasteiger partial charge in [0, 0.05) is 11.3 Å². The van der Waals surface area contributed by atoms with Gasteiger partial charge in [-0.25, -0.2) is 4.98 Å². The average molecular weight is 221 g/mol. The van der Waals surface area contributed by atoms with Crippen molar-refractivity contribution in [2.45, 2.75) is 44.9 Å². The molecule has 2 aliphatic rings. The Labute approximate surface area is 94.3 Å². The lowest BCUT2D eigenvalue weighted by molar-refractivity contribution is 0.226. The maximum absolute atomic E-state index is 5.05. The number of fused-ring (bicyclic) bond motifs is 5. The second-order valence-electron chi connectivity index (χ2n) is 5.52. The van der Waals surface area contributed by atoms with E-state index in [2.05, 4.69) is 36.0 Å². The monoisotopic (exact) mass is 221 g/mol. The van der Waals surface area contributed by atoms with Gasteiger partial charge in [-0.05, 0) is 30.5 Å². The molecule has 1 saturated carbocycles. The van der Waals surface area contributed by atoms with Crippen molar-refractivity contribution < 1.29 is 0 Å². The van der Waals surface area contributed by atoms with Crippen LogP contribution in [0.1, 0.15) is 50.9 Å². The summed E-state index contributed by atoms with van der Waals surface area (Å²) in [5.74, 6) is 0.543. The number of aromatic amines is 1.